The number of carbonyl (C=O) groups excluding carboxylic acids is 1. The molecule has 0 saturated carbocycles. The monoisotopic (exact) mass is 338 g/mol. The van der Waals surface area contributed by atoms with Crippen LogP contribution in [0.15, 0.2) is 24.3 Å². The molecule has 0 spiro atoms. The third-order valence-electron chi connectivity index (χ3n) is 4.12. The smallest absolute Gasteiger partial charge is 0.220 e. The highest BCUT2D eigenvalue weighted by atomic mass is 32.2. The maximum atomic E-state index is 12.5. The zero-order chi connectivity index (χ0) is 16.9. The van der Waals surface area contributed by atoms with E-state index in [0.29, 0.717) is 32.4 Å². The van der Waals surface area contributed by atoms with Crippen molar-refractivity contribution in [1.82, 2.24) is 9.62 Å². The number of sulfonamides is 1. The molecular weight excluding hydrogens is 312 g/mol. The first kappa shape index (κ1) is 17.9. The summed E-state index contributed by atoms with van der Waals surface area (Å²) in [6, 6.07) is 7.70. The number of rotatable bonds is 6. The number of piperidine rings is 1. The van der Waals surface area contributed by atoms with Gasteiger partial charge in [-0.15, -0.1) is 0 Å². The maximum absolute atomic E-state index is 12.5. The van der Waals surface area contributed by atoms with Crippen LogP contribution in [-0.4, -0.2) is 37.8 Å². The lowest BCUT2D eigenvalue weighted by Gasteiger charge is -2.31. The number of nitrogens with one attached hydrogen (secondary N) is 1. The summed E-state index contributed by atoms with van der Waals surface area (Å²) in [5.74, 6) is 0.107. The van der Waals surface area contributed by atoms with Crippen molar-refractivity contribution >= 4 is 15.9 Å². The minimum absolute atomic E-state index is 0.0432. The molecule has 23 heavy (non-hydrogen) atoms. The Morgan fingerprint density at radius 3 is 2.61 bits per heavy atom. The van der Waals surface area contributed by atoms with Gasteiger partial charge in [-0.2, -0.15) is 0 Å². The van der Waals surface area contributed by atoms with Gasteiger partial charge in [0.2, 0.25) is 15.9 Å². The highest BCUT2D eigenvalue weighted by molar-refractivity contribution is 7.88. The Morgan fingerprint density at radius 1 is 1.30 bits per heavy atom. The SMILES string of the molecule is CCCC(=O)NC1CCN(S(=O)(=O)Cc2cccc(C)c2)CC1. The first-order chi connectivity index (χ1) is 10.9. The second-order valence-corrected chi connectivity index (χ2v) is 8.21. The lowest BCUT2D eigenvalue weighted by atomic mass is 10.1. The number of benzene rings is 1. The fourth-order valence-electron chi connectivity index (χ4n) is 2.91. The van der Waals surface area contributed by atoms with E-state index in [1.165, 1.54) is 0 Å². The predicted octanol–water partition coefficient (Wildman–Crippen LogP) is 2.21. The zero-order valence-electron chi connectivity index (χ0n) is 13.9. The standard InChI is InChI=1S/C17H26N2O3S/c1-3-5-17(20)18-16-8-10-19(11-9-16)23(21,22)13-15-7-4-6-14(2)12-15/h4,6-7,12,16H,3,5,8-11,13H2,1-2H3,(H,18,20). The Hall–Kier alpha value is -1.40. The van der Waals surface area contributed by atoms with E-state index in [1.54, 1.807) is 4.31 Å². The summed E-state index contributed by atoms with van der Waals surface area (Å²) < 4.78 is 26.6. The molecule has 6 heteroatoms. The zero-order valence-corrected chi connectivity index (χ0v) is 14.7. The van der Waals surface area contributed by atoms with Crippen LogP contribution < -0.4 is 5.32 Å². The summed E-state index contributed by atoms with van der Waals surface area (Å²) in [5, 5.41) is 2.99. The molecule has 1 aliphatic heterocycles. The summed E-state index contributed by atoms with van der Waals surface area (Å²) >= 11 is 0. The molecule has 0 radical (unpaired) electrons. The van der Waals surface area contributed by atoms with E-state index in [0.717, 1.165) is 17.5 Å². The van der Waals surface area contributed by atoms with Gasteiger partial charge in [0.05, 0.1) is 5.75 Å². The van der Waals surface area contributed by atoms with Gasteiger partial charge in [-0.25, -0.2) is 12.7 Å². The summed E-state index contributed by atoms with van der Waals surface area (Å²) in [5.41, 5.74) is 1.89. The van der Waals surface area contributed by atoms with Crippen LogP contribution in [0.1, 0.15) is 43.7 Å². The molecule has 128 valence electrons. The van der Waals surface area contributed by atoms with Gasteiger partial charge in [-0.3, -0.25) is 4.79 Å². The fraction of sp³-hybridized carbons (Fsp3) is 0.588. The molecule has 5 nitrogen and oxygen atoms in total. The highest BCUT2D eigenvalue weighted by Gasteiger charge is 2.28. The van der Waals surface area contributed by atoms with Crippen molar-refractivity contribution < 1.29 is 13.2 Å². The molecule has 1 aliphatic rings. The Bertz CT molecular complexity index is 635. The molecule has 0 aliphatic carbocycles. The van der Waals surface area contributed by atoms with Crippen molar-refractivity contribution in [2.24, 2.45) is 0 Å². The van der Waals surface area contributed by atoms with Crippen molar-refractivity contribution in [2.75, 3.05) is 13.1 Å². The van der Waals surface area contributed by atoms with E-state index in [2.05, 4.69) is 5.32 Å². The quantitative estimate of drug-likeness (QED) is 0.865. The third kappa shape index (κ3) is 5.32. The maximum Gasteiger partial charge on any atom is 0.220 e. The van der Waals surface area contributed by atoms with Gasteiger partial charge in [-0.1, -0.05) is 36.8 Å². The minimum Gasteiger partial charge on any atom is -0.353 e. The van der Waals surface area contributed by atoms with E-state index >= 15 is 0 Å². The number of aryl methyl sites for hydroxylation is 1. The Balaban J connectivity index is 1.89. The summed E-state index contributed by atoms with van der Waals surface area (Å²) in [7, 11) is -3.29. The van der Waals surface area contributed by atoms with Crippen LogP contribution in [0.2, 0.25) is 0 Å². The molecule has 1 saturated heterocycles. The molecule has 0 aromatic heterocycles. The topological polar surface area (TPSA) is 66.5 Å². The number of amides is 1. The van der Waals surface area contributed by atoms with Crippen LogP contribution >= 0.6 is 0 Å². The first-order valence-corrected chi connectivity index (χ1v) is 9.84. The average molecular weight is 338 g/mol. The van der Waals surface area contributed by atoms with Crippen molar-refractivity contribution in [3.8, 4) is 0 Å². The van der Waals surface area contributed by atoms with Crippen molar-refractivity contribution in [2.45, 2.75) is 51.3 Å². The van der Waals surface area contributed by atoms with Gasteiger partial charge in [0, 0.05) is 25.6 Å². The van der Waals surface area contributed by atoms with Crippen LogP contribution in [-0.2, 0) is 20.6 Å². The number of nitrogens with zero attached hydrogens (tertiary/aromatic N) is 1. The molecular formula is C17H26N2O3S. The first-order valence-electron chi connectivity index (χ1n) is 8.23. The summed E-state index contributed by atoms with van der Waals surface area (Å²) in [6.45, 7) is 4.89. The molecule has 0 bridgehead atoms. The normalized spacial score (nSPS) is 17.1. The van der Waals surface area contributed by atoms with Gasteiger partial charge in [0.15, 0.2) is 0 Å². The Kier molecular flexibility index (Phi) is 6.18. The van der Waals surface area contributed by atoms with E-state index in [4.69, 9.17) is 0 Å². The van der Waals surface area contributed by atoms with Crippen LogP contribution in [0, 0.1) is 6.92 Å². The Morgan fingerprint density at radius 2 is 2.00 bits per heavy atom. The molecule has 0 unspecified atom stereocenters. The molecule has 1 N–H and O–H groups in total. The number of hydrogen-bond acceptors (Lipinski definition) is 3. The van der Waals surface area contributed by atoms with E-state index < -0.39 is 10.0 Å². The molecule has 1 fully saturated rings. The van der Waals surface area contributed by atoms with E-state index in [9.17, 15) is 13.2 Å². The van der Waals surface area contributed by atoms with E-state index in [1.807, 2.05) is 38.1 Å². The van der Waals surface area contributed by atoms with Crippen molar-refractivity contribution in [1.29, 1.82) is 0 Å². The summed E-state index contributed by atoms with van der Waals surface area (Å²) in [6.07, 6.45) is 2.73. The van der Waals surface area contributed by atoms with Gasteiger partial charge in [0.1, 0.15) is 0 Å². The fourth-order valence-corrected chi connectivity index (χ4v) is 4.46. The second kappa shape index (κ2) is 7.93. The van der Waals surface area contributed by atoms with Crippen molar-refractivity contribution in [3.05, 3.63) is 35.4 Å². The molecule has 0 atom stereocenters. The Labute approximate surface area is 139 Å². The van der Waals surface area contributed by atoms with Crippen LogP contribution in [0.5, 0.6) is 0 Å². The number of hydrogen-bond donors (Lipinski definition) is 1. The molecule has 1 aromatic rings. The van der Waals surface area contributed by atoms with Gasteiger partial charge in [-0.05, 0) is 31.7 Å². The highest BCUT2D eigenvalue weighted by Crippen LogP contribution is 2.18. The molecule has 1 heterocycles. The lowest BCUT2D eigenvalue weighted by molar-refractivity contribution is -0.122. The molecule has 2 rings (SSSR count). The minimum atomic E-state index is -3.29. The second-order valence-electron chi connectivity index (χ2n) is 6.24. The third-order valence-corrected chi connectivity index (χ3v) is 5.97. The lowest BCUT2D eigenvalue weighted by Crippen LogP contribution is -2.46. The average Bonchev–Trinajstić information content (AvgIpc) is 2.47. The van der Waals surface area contributed by atoms with Crippen molar-refractivity contribution in [3.63, 3.8) is 0 Å². The van der Waals surface area contributed by atoms with Gasteiger partial charge >= 0.3 is 0 Å². The number of carbonyl (C=O) groups is 1. The largest absolute Gasteiger partial charge is 0.353 e. The molecule has 1 aromatic carbocycles. The van der Waals surface area contributed by atoms with E-state index in [-0.39, 0.29) is 17.7 Å². The predicted molar refractivity (Wildman–Crippen MR) is 91.4 cm³/mol. The van der Waals surface area contributed by atoms with Gasteiger partial charge in [0.25, 0.3) is 0 Å². The van der Waals surface area contributed by atoms with Crippen LogP contribution in [0.4, 0.5) is 0 Å². The summed E-state index contributed by atoms with van der Waals surface area (Å²) in [4.78, 5) is 11.6. The van der Waals surface area contributed by atoms with Crippen LogP contribution in [0.3, 0.4) is 0 Å². The van der Waals surface area contributed by atoms with Crippen LogP contribution in [0.25, 0.3) is 0 Å². The molecule has 1 amide bonds. The van der Waals surface area contributed by atoms with Gasteiger partial charge < -0.3 is 5.32 Å².